The van der Waals surface area contributed by atoms with Crippen molar-refractivity contribution < 1.29 is 31.8 Å². The average molecular weight is 445 g/mol. The van der Waals surface area contributed by atoms with E-state index >= 15 is 0 Å². The van der Waals surface area contributed by atoms with Crippen molar-refractivity contribution in [2.75, 3.05) is 44.2 Å². The van der Waals surface area contributed by atoms with Crippen molar-refractivity contribution in [1.29, 1.82) is 0 Å². The van der Waals surface area contributed by atoms with Crippen LogP contribution in [0.25, 0.3) is 0 Å². The molecule has 3 saturated heterocycles. The summed E-state index contributed by atoms with van der Waals surface area (Å²) in [6, 6.07) is 5.27. The molecule has 3 aliphatic heterocycles. The number of rotatable bonds is 4. The summed E-state index contributed by atoms with van der Waals surface area (Å²) >= 11 is 0. The quantitative estimate of drug-likeness (QED) is 0.665. The van der Waals surface area contributed by atoms with Crippen LogP contribution in [0.4, 0.5) is 28.0 Å². The van der Waals surface area contributed by atoms with Crippen LogP contribution in [0.1, 0.15) is 25.3 Å². The van der Waals surface area contributed by atoms with Crippen LogP contribution in [0.5, 0.6) is 0 Å². The van der Waals surface area contributed by atoms with Gasteiger partial charge in [0.25, 0.3) is 0 Å². The number of anilines is 1. The van der Waals surface area contributed by atoms with Gasteiger partial charge in [-0.15, -0.1) is 0 Å². The van der Waals surface area contributed by atoms with E-state index in [9.17, 15) is 22.4 Å². The van der Waals surface area contributed by atoms with E-state index in [1.165, 1.54) is 4.90 Å². The van der Waals surface area contributed by atoms with Crippen LogP contribution in [0.15, 0.2) is 18.2 Å². The molecule has 0 aromatic heterocycles. The first kappa shape index (κ1) is 22.1. The van der Waals surface area contributed by atoms with Crippen molar-refractivity contribution >= 4 is 11.8 Å². The first-order valence-electron chi connectivity index (χ1n) is 10.6. The zero-order chi connectivity index (χ0) is 22.2. The molecule has 10 heteroatoms. The van der Waals surface area contributed by atoms with E-state index < -0.39 is 18.4 Å². The number of hydrogen-bond donors (Lipinski definition) is 0. The number of carbonyl (C=O) groups excluding carboxylic acids is 1. The van der Waals surface area contributed by atoms with Crippen LogP contribution in [-0.2, 0) is 16.0 Å². The highest BCUT2D eigenvalue weighted by Gasteiger charge is 2.40. The van der Waals surface area contributed by atoms with Crippen LogP contribution in [0.3, 0.4) is 0 Å². The lowest BCUT2D eigenvalue weighted by Gasteiger charge is -2.35. The van der Waals surface area contributed by atoms with Gasteiger partial charge in [0, 0.05) is 57.1 Å². The van der Waals surface area contributed by atoms with Crippen molar-refractivity contribution in [1.82, 2.24) is 9.80 Å². The Morgan fingerprint density at radius 2 is 1.81 bits per heavy atom. The Kier molecular flexibility index (Phi) is 6.30. The molecule has 3 aliphatic rings. The van der Waals surface area contributed by atoms with Gasteiger partial charge in [-0.3, -0.25) is 4.90 Å². The number of nitrogens with zero attached hydrogens (tertiary/aromatic N) is 3. The summed E-state index contributed by atoms with van der Waals surface area (Å²) in [6.07, 6.45) is -5.15. The Balaban J connectivity index is 1.28. The molecule has 3 atom stereocenters. The third-order valence-electron chi connectivity index (χ3n) is 6.21. The molecule has 2 bridgehead atoms. The summed E-state index contributed by atoms with van der Waals surface area (Å²) in [5.41, 5.74) is 1.41. The molecule has 4 rings (SSSR count). The third kappa shape index (κ3) is 5.23. The number of hydrogen-bond acceptors (Lipinski definition) is 5. The van der Waals surface area contributed by atoms with E-state index in [0.29, 0.717) is 25.2 Å². The molecule has 0 radical (unpaired) electrons. The fraction of sp³-hybridized carbons (Fsp3) is 0.667. The van der Waals surface area contributed by atoms with E-state index in [2.05, 4.69) is 9.64 Å². The second-order valence-corrected chi connectivity index (χ2v) is 8.47. The predicted octanol–water partition coefficient (Wildman–Crippen LogP) is 3.40. The van der Waals surface area contributed by atoms with Crippen LogP contribution in [-0.4, -0.2) is 79.6 Å². The fourth-order valence-corrected chi connectivity index (χ4v) is 4.31. The van der Waals surface area contributed by atoms with Gasteiger partial charge in [-0.05, 0) is 31.9 Å². The summed E-state index contributed by atoms with van der Waals surface area (Å²) in [5, 5.41) is 0. The molecule has 172 valence electrons. The molecule has 1 aromatic carbocycles. The standard InChI is InChI=1S/C21H27F4N3O3/c1-14(21(23,24)25)30-20(29)27-8-6-26(7-9-27)11-15-2-3-16(10-19(15)22)28-12-17-4-5-18(13-28)31-17/h2-3,10,14,17-18H,4-9,11-13H2,1H3. The first-order valence-corrected chi connectivity index (χ1v) is 10.6. The Bertz CT molecular complexity index is 787. The highest BCUT2D eigenvalue weighted by molar-refractivity contribution is 5.68. The highest BCUT2D eigenvalue weighted by atomic mass is 19.4. The largest absolute Gasteiger partial charge is 0.437 e. The van der Waals surface area contributed by atoms with Gasteiger partial charge in [0.05, 0.1) is 12.2 Å². The minimum absolute atomic E-state index is 0.226. The highest BCUT2D eigenvalue weighted by Crippen LogP contribution is 2.30. The maximum Gasteiger partial charge on any atom is 0.425 e. The van der Waals surface area contributed by atoms with Gasteiger partial charge in [-0.1, -0.05) is 6.07 Å². The number of morpholine rings is 1. The summed E-state index contributed by atoms with van der Waals surface area (Å²) in [6.45, 7) is 4.08. The van der Waals surface area contributed by atoms with Gasteiger partial charge in [0.2, 0.25) is 0 Å². The van der Waals surface area contributed by atoms with Gasteiger partial charge in [-0.25, -0.2) is 9.18 Å². The zero-order valence-electron chi connectivity index (χ0n) is 17.4. The molecule has 0 N–H and O–H groups in total. The second-order valence-electron chi connectivity index (χ2n) is 8.47. The van der Waals surface area contributed by atoms with Crippen LogP contribution >= 0.6 is 0 Å². The molecule has 3 fully saturated rings. The van der Waals surface area contributed by atoms with E-state index in [4.69, 9.17) is 4.74 Å². The van der Waals surface area contributed by atoms with Gasteiger partial charge in [-0.2, -0.15) is 13.2 Å². The number of benzene rings is 1. The molecule has 1 aromatic rings. The normalized spacial score (nSPS) is 25.6. The SMILES string of the molecule is CC(OC(=O)N1CCN(Cc2ccc(N3CC4CCC(C3)O4)cc2F)CC1)C(F)(F)F. The van der Waals surface area contributed by atoms with Crippen molar-refractivity contribution in [3.05, 3.63) is 29.6 Å². The van der Waals surface area contributed by atoms with E-state index in [-0.39, 0.29) is 31.1 Å². The van der Waals surface area contributed by atoms with E-state index in [1.54, 1.807) is 12.1 Å². The molecule has 1 amide bonds. The van der Waals surface area contributed by atoms with Gasteiger partial charge in [0.1, 0.15) is 5.82 Å². The van der Waals surface area contributed by atoms with Crippen molar-refractivity contribution in [3.63, 3.8) is 0 Å². The molecule has 0 spiro atoms. The Labute approximate surface area is 178 Å². The lowest BCUT2D eigenvalue weighted by Crippen LogP contribution is -2.49. The van der Waals surface area contributed by atoms with Crippen LogP contribution in [0, 0.1) is 5.82 Å². The number of carbonyl (C=O) groups is 1. The molecule has 3 heterocycles. The summed E-state index contributed by atoms with van der Waals surface area (Å²) in [7, 11) is 0. The van der Waals surface area contributed by atoms with E-state index in [0.717, 1.165) is 38.5 Å². The third-order valence-corrected chi connectivity index (χ3v) is 6.21. The van der Waals surface area contributed by atoms with Crippen molar-refractivity contribution in [2.45, 2.75) is 50.8 Å². The summed E-state index contributed by atoms with van der Waals surface area (Å²) in [4.78, 5) is 17.3. The minimum Gasteiger partial charge on any atom is -0.437 e. The number of fused-ring (bicyclic) bond motifs is 2. The molecule has 0 aliphatic carbocycles. The fourth-order valence-electron chi connectivity index (χ4n) is 4.31. The first-order chi connectivity index (χ1) is 14.7. The Morgan fingerprint density at radius 1 is 1.16 bits per heavy atom. The Morgan fingerprint density at radius 3 is 2.39 bits per heavy atom. The molecule has 3 unspecified atom stereocenters. The number of halogens is 4. The topological polar surface area (TPSA) is 45.2 Å². The van der Waals surface area contributed by atoms with Crippen molar-refractivity contribution in [3.8, 4) is 0 Å². The minimum atomic E-state index is -4.58. The molecule has 0 saturated carbocycles. The number of amides is 1. The van der Waals surface area contributed by atoms with Gasteiger partial charge >= 0.3 is 12.3 Å². The van der Waals surface area contributed by atoms with Gasteiger partial charge in [0.15, 0.2) is 6.10 Å². The second kappa shape index (κ2) is 8.82. The maximum absolute atomic E-state index is 14.8. The molecular weight excluding hydrogens is 418 g/mol. The molecule has 6 nitrogen and oxygen atoms in total. The molecular formula is C21H27F4N3O3. The maximum atomic E-state index is 14.8. The summed E-state index contributed by atoms with van der Waals surface area (Å²) < 4.78 is 62.7. The lowest BCUT2D eigenvalue weighted by atomic mass is 10.1. The van der Waals surface area contributed by atoms with Crippen LogP contribution in [0.2, 0.25) is 0 Å². The smallest absolute Gasteiger partial charge is 0.425 e. The van der Waals surface area contributed by atoms with E-state index in [1.807, 2.05) is 11.0 Å². The van der Waals surface area contributed by atoms with Crippen LogP contribution < -0.4 is 4.90 Å². The lowest BCUT2D eigenvalue weighted by molar-refractivity contribution is -0.200. The summed E-state index contributed by atoms with van der Waals surface area (Å²) in [5.74, 6) is -0.280. The number of piperazine rings is 1. The number of ether oxygens (including phenoxy) is 2. The predicted molar refractivity (Wildman–Crippen MR) is 105 cm³/mol. The van der Waals surface area contributed by atoms with Crippen molar-refractivity contribution in [2.24, 2.45) is 0 Å². The molecule has 31 heavy (non-hydrogen) atoms. The van der Waals surface area contributed by atoms with Gasteiger partial charge < -0.3 is 19.3 Å². The monoisotopic (exact) mass is 445 g/mol. The average Bonchev–Trinajstić information content (AvgIpc) is 3.06. The number of alkyl halides is 3. The Hall–Kier alpha value is -2.07. The zero-order valence-corrected chi connectivity index (χ0v) is 17.4.